The number of aromatic nitrogens is 2. The third-order valence-corrected chi connectivity index (χ3v) is 6.33. The number of sulfonamides is 1. The number of benzene rings is 1. The van der Waals surface area contributed by atoms with Gasteiger partial charge in [0.15, 0.2) is 0 Å². The molecule has 1 saturated heterocycles. The van der Waals surface area contributed by atoms with E-state index in [9.17, 15) is 18.0 Å². The average molecular weight is 403 g/mol. The monoisotopic (exact) mass is 403 g/mol. The van der Waals surface area contributed by atoms with Gasteiger partial charge in [-0.3, -0.25) is 4.68 Å². The number of nitrogens with zero attached hydrogens (tertiary/aromatic N) is 5. The summed E-state index contributed by atoms with van der Waals surface area (Å²) in [6.45, 7) is 0.804. The molecule has 0 unspecified atom stereocenters. The van der Waals surface area contributed by atoms with Gasteiger partial charge in [-0.15, -0.1) is 0 Å². The van der Waals surface area contributed by atoms with Gasteiger partial charge < -0.3 is 4.90 Å². The summed E-state index contributed by atoms with van der Waals surface area (Å²) in [5.41, 5.74) is 3.12. The van der Waals surface area contributed by atoms with Crippen LogP contribution in [0.25, 0.3) is 0 Å². The maximum atomic E-state index is 13.1. The van der Waals surface area contributed by atoms with Crippen molar-refractivity contribution in [2.75, 3.05) is 25.9 Å². The Balaban J connectivity index is 1.63. The van der Waals surface area contributed by atoms with Crippen LogP contribution in [0.4, 0.5) is 9.59 Å². The number of hydrogen-bond donors (Lipinski definition) is 0. The Morgan fingerprint density at radius 1 is 1.21 bits per heavy atom. The predicted octanol–water partition coefficient (Wildman–Crippen LogP) is 1.18. The molecule has 1 fully saturated rings. The maximum Gasteiger partial charge on any atom is 0.341 e. The fourth-order valence-electron chi connectivity index (χ4n) is 3.83. The zero-order valence-corrected chi connectivity index (χ0v) is 16.5. The zero-order valence-electron chi connectivity index (χ0n) is 15.6. The molecule has 0 N–H and O–H groups in total. The summed E-state index contributed by atoms with van der Waals surface area (Å²) in [6, 6.07) is 6.63. The quantitative estimate of drug-likeness (QED) is 0.750. The van der Waals surface area contributed by atoms with E-state index in [-0.39, 0.29) is 19.0 Å². The van der Waals surface area contributed by atoms with Gasteiger partial charge in [0.2, 0.25) is 10.0 Å². The molecule has 148 valence electrons. The van der Waals surface area contributed by atoms with Gasteiger partial charge in [-0.1, -0.05) is 24.3 Å². The van der Waals surface area contributed by atoms with E-state index < -0.39 is 22.1 Å². The van der Waals surface area contributed by atoms with Gasteiger partial charge in [0.1, 0.15) is 0 Å². The van der Waals surface area contributed by atoms with Gasteiger partial charge in [0, 0.05) is 32.3 Å². The number of imide groups is 1. The lowest BCUT2D eigenvalue weighted by atomic mass is 9.86. The largest absolute Gasteiger partial charge is 0.341 e. The van der Waals surface area contributed by atoms with Crippen molar-refractivity contribution < 1.29 is 18.0 Å². The fourth-order valence-corrected chi connectivity index (χ4v) is 4.63. The highest BCUT2D eigenvalue weighted by molar-refractivity contribution is 7.88. The molecule has 1 aromatic carbocycles. The van der Waals surface area contributed by atoms with Crippen LogP contribution in [0.1, 0.15) is 22.6 Å². The van der Waals surface area contributed by atoms with E-state index >= 15 is 0 Å². The molecule has 0 spiro atoms. The van der Waals surface area contributed by atoms with Gasteiger partial charge in [-0.25, -0.2) is 27.2 Å². The van der Waals surface area contributed by atoms with Crippen molar-refractivity contribution in [3.63, 3.8) is 0 Å². The lowest BCUT2D eigenvalue weighted by Crippen LogP contribution is -2.48. The molecule has 0 aliphatic carbocycles. The van der Waals surface area contributed by atoms with E-state index in [0.29, 0.717) is 13.1 Å². The van der Waals surface area contributed by atoms with Crippen molar-refractivity contribution >= 4 is 22.1 Å². The van der Waals surface area contributed by atoms with Crippen LogP contribution in [0.3, 0.4) is 0 Å². The molecule has 0 radical (unpaired) electrons. The minimum atomic E-state index is -3.69. The Bertz CT molecular complexity index is 1050. The molecule has 28 heavy (non-hydrogen) atoms. The van der Waals surface area contributed by atoms with Crippen molar-refractivity contribution in [2.45, 2.75) is 12.5 Å². The number of carbonyl (C=O) groups excluding carboxylic acids is 2. The van der Waals surface area contributed by atoms with E-state index in [0.717, 1.165) is 32.2 Å². The molecule has 10 heteroatoms. The average Bonchev–Trinajstić information content (AvgIpc) is 3.25. The SMILES string of the molecule is Cn1cc([C@H]2CN(C(=O)N3CCN(S(C)(=O)=O)C3=O)Cc3ccccc32)cn1. The second kappa shape index (κ2) is 6.62. The lowest BCUT2D eigenvalue weighted by molar-refractivity contribution is 0.154. The Hall–Kier alpha value is -2.88. The number of hydrogen-bond acceptors (Lipinski definition) is 5. The highest BCUT2D eigenvalue weighted by Gasteiger charge is 2.41. The number of fused-ring (bicyclic) bond motifs is 1. The fraction of sp³-hybridized carbons (Fsp3) is 0.389. The first-order chi connectivity index (χ1) is 13.3. The summed E-state index contributed by atoms with van der Waals surface area (Å²) in [7, 11) is -1.85. The highest BCUT2D eigenvalue weighted by atomic mass is 32.2. The number of aryl methyl sites for hydroxylation is 1. The second-order valence-corrected chi connectivity index (χ2v) is 9.04. The first-order valence-electron chi connectivity index (χ1n) is 8.90. The van der Waals surface area contributed by atoms with Gasteiger partial charge in [-0.2, -0.15) is 5.10 Å². The number of amides is 4. The zero-order chi connectivity index (χ0) is 20.1. The summed E-state index contributed by atoms with van der Waals surface area (Å²) < 4.78 is 25.9. The molecule has 9 nitrogen and oxygen atoms in total. The Morgan fingerprint density at radius 3 is 2.61 bits per heavy atom. The first kappa shape index (κ1) is 18.5. The molecule has 3 heterocycles. The Morgan fingerprint density at radius 2 is 1.96 bits per heavy atom. The van der Waals surface area contributed by atoms with Crippen LogP contribution in [0.2, 0.25) is 0 Å². The Kier molecular flexibility index (Phi) is 4.37. The van der Waals surface area contributed by atoms with Crippen molar-refractivity contribution in [1.29, 1.82) is 0 Å². The molecule has 1 atom stereocenters. The van der Waals surface area contributed by atoms with E-state index in [2.05, 4.69) is 5.10 Å². The summed E-state index contributed by atoms with van der Waals surface area (Å²) in [4.78, 5) is 28.1. The van der Waals surface area contributed by atoms with Gasteiger partial charge in [0.05, 0.1) is 25.5 Å². The van der Waals surface area contributed by atoms with Crippen molar-refractivity contribution in [1.82, 2.24) is 23.9 Å². The summed E-state index contributed by atoms with van der Waals surface area (Å²) in [5.74, 6) is -0.0636. The summed E-state index contributed by atoms with van der Waals surface area (Å²) in [5, 5.41) is 4.24. The molecule has 0 saturated carbocycles. The third-order valence-electron chi connectivity index (χ3n) is 5.19. The number of carbonyl (C=O) groups is 2. The third kappa shape index (κ3) is 3.13. The standard InChI is InChI=1S/C18H21N5O4S/c1-20-10-14(9-19-20)16-12-21(11-13-5-3-4-6-15(13)16)17(24)22-7-8-23(18(22)25)28(2,26)27/h3-6,9-10,16H,7-8,11-12H2,1-2H3/t16-/m1/s1. The minimum Gasteiger partial charge on any atom is -0.319 e. The first-order valence-corrected chi connectivity index (χ1v) is 10.7. The van der Waals surface area contributed by atoms with Crippen LogP contribution in [0.15, 0.2) is 36.7 Å². The van der Waals surface area contributed by atoms with Gasteiger partial charge in [0.25, 0.3) is 0 Å². The second-order valence-electron chi connectivity index (χ2n) is 7.13. The van der Waals surface area contributed by atoms with Crippen molar-refractivity contribution in [2.24, 2.45) is 7.05 Å². The smallest absolute Gasteiger partial charge is 0.319 e. The van der Waals surface area contributed by atoms with Crippen LogP contribution in [-0.2, 0) is 23.6 Å². The predicted molar refractivity (Wildman–Crippen MR) is 101 cm³/mol. The molecular weight excluding hydrogens is 382 g/mol. The molecule has 2 aliphatic heterocycles. The molecule has 2 aromatic rings. The maximum absolute atomic E-state index is 13.1. The number of urea groups is 2. The summed E-state index contributed by atoms with van der Waals surface area (Å²) in [6.07, 6.45) is 4.66. The Labute approximate surface area is 163 Å². The topological polar surface area (TPSA) is 95.8 Å². The van der Waals surface area contributed by atoms with Crippen molar-refractivity contribution in [3.8, 4) is 0 Å². The van der Waals surface area contributed by atoms with E-state index in [1.165, 1.54) is 0 Å². The van der Waals surface area contributed by atoms with E-state index in [4.69, 9.17) is 0 Å². The van der Waals surface area contributed by atoms with Crippen LogP contribution in [-0.4, -0.2) is 70.3 Å². The minimum absolute atomic E-state index is 0.0140. The normalized spacial score (nSPS) is 19.9. The van der Waals surface area contributed by atoms with E-state index in [1.807, 2.05) is 37.5 Å². The van der Waals surface area contributed by atoms with Crippen LogP contribution in [0, 0.1) is 0 Å². The highest BCUT2D eigenvalue weighted by Crippen LogP contribution is 2.34. The van der Waals surface area contributed by atoms with Gasteiger partial charge >= 0.3 is 12.1 Å². The molecule has 4 rings (SSSR count). The van der Waals surface area contributed by atoms with Crippen molar-refractivity contribution in [3.05, 3.63) is 53.3 Å². The lowest BCUT2D eigenvalue weighted by Gasteiger charge is -2.36. The molecular formula is C18H21N5O4S. The van der Waals surface area contributed by atoms with E-state index in [1.54, 1.807) is 15.8 Å². The van der Waals surface area contributed by atoms with Crippen LogP contribution < -0.4 is 0 Å². The molecule has 2 aliphatic rings. The molecule has 0 bridgehead atoms. The van der Waals surface area contributed by atoms with Crippen LogP contribution in [0.5, 0.6) is 0 Å². The molecule has 1 aromatic heterocycles. The van der Waals surface area contributed by atoms with Gasteiger partial charge in [-0.05, 0) is 16.7 Å². The number of rotatable bonds is 2. The molecule has 4 amide bonds. The summed E-state index contributed by atoms with van der Waals surface area (Å²) >= 11 is 0. The van der Waals surface area contributed by atoms with Crippen LogP contribution >= 0.6 is 0 Å².